The minimum absolute atomic E-state index is 0.431. The molecule has 2 heterocycles. The van der Waals surface area contributed by atoms with Crippen LogP contribution in [0.3, 0.4) is 0 Å². The Morgan fingerprint density at radius 2 is 1.74 bits per heavy atom. The molecule has 1 N–H and O–H groups in total. The highest BCUT2D eigenvalue weighted by atomic mass is 16.5. The minimum atomic E-state index is -0.853. The predicted molar refractivity (Wildman–Crippen MR) is 85.7 cm³/mol. The molecule has 5 heteroatoms. The number of ether oxygens (including phenoxy) is 3. The molecule has 3 rings (SSSR count). The van der Waals surface area contributed by atoms with Gasteiger partial charge < -0.3 is 19.3 Å². The molecule has 0 radical (unpaired) electrons. The summed E-state index contributed by atoms with van der Waals surface area (Å²) in [7, 11) is 1.66. The number of carboxylic acids is 1. The molecule has 0 bridgehead atoms. The number of methoxy groups -OCH3 is 1. The maximum atomic E-state index is 11.6. The zero-order valence-corrected chi connectivity index (χ0v) is 14.0. The van der Waals surface area contributed by atoms with Crippen LogP contribution in [0.25, 0.3) is 0 Å². The van der Waals surface area contributed by atoms with Gasteiger partial charge in [-0.25, -0.2) is 0 Å². The summed E-state index contributed by atoms with van der Waals surface area (Å²) in [6.07, 6.45) is 4.03. The van der Waals surface area contributed by atoms with Crippen LogP contribution in [0.5, 0.6) is 17.2 Å². The highest BCUT2D eigenvalue weighted by Crippen LogP contribution is 2.49. The van der Waals surface area contributed by atoms with Crippen molar-refractivity contribution in [2.45, 2.75) is 46.0 Å². The van der Waals surface area contributed by atoms with Crippen LogP contribution in [0, 0.1) is 5.41 Å². The first kappa shape index (κ1) is 16.0. The summed E-state index contributed by atoms with van der Waals surface area (Å²) < 4.78 is 17.5. The van der Waals surface area contributed by atoms with Crippen LogP contribution in [-0.4, -0.2) is 31.4 Å². The quantitative estimate of drug-likeness (QED) is 0.924. The highest BCUT2D eigenvalue weighted by molar-refractivity contribution is 5.75. The number of aliphatic carboxylic acids is 1. The third-order valence-corrected chi connectivity index (χ3v) is 4.70. The lowest BCUT2D eigenvalue weighted by molar-refractivity contribution is -0.146. The summed E-state index contributed by atoms with van der Waals surface area (Å²) >= 11 is 0. The lowest BCUT2D eigenvalue weighted by Gasteiger charge is -2.32. The largest absolute Gasteiger partial charge is 0.493 e. The molecule has 0 fully saturated rings. The molecule has 0 spiro atoms. The lowest BCUT2D eigenvalue weighted by Crippen LogP contribution is -2.28. The second kappa shape index (κ2) is 5.95. The van der Waals surface area contributed by atoms with E-state index in [-0.39, 0.29) is 0 Å². The molecule has 2 aliphatic heterocycles. The monoisotopic (exact) mass is 320 g/mol. The molecule has 0 saturated carbocycles. The molecule has 0 aromatic heterocycles. The Morgan fingerprint density at radius 3 is 2.35 bits per heavy atom. The van der Waals surface area contributed by atoms with E-state index in [0.717, 1.165) is 59.6 Å². The minimum Gasteiger partial charge on any atom is -0.493 e. The van der Waals surface area contributed by atoms with Crippen LogP contribution in [0.1, 0.15) is 43.4 Å². The number of carboxylic acid groups (broad SMARTS) is 1. The number of benzene rings is 1. The molecule has 1 aromatic rings. The SMILES string of the molecule is COc1c2c(c(CC(C)(C)C(=O)O)c3c1OCCC3)OCCC2. The van der Waals surface area contributed by atoms with Gasteiger partial charge >= 0.3 is 5.97 Å². The van der Waals surface area contributed by atoms with E-state index in [1.54, 1.807) is 21.0 Å². The normalized spacial score (nSPS) is 16.7. The van der Waals surface area contributed by atoms with Gasteiger partial charge in [0.05, 0.1) is 25.7 Å². The molecule has 0 saturated heterocycles. The van der Waals surface area contributed by atoms with E-state index < -0.39 is 11.4 Å². The van der Waals surface area contributed by atoms with Gasteiger partial charge in [-0.1, -0.05) is 0 Å². The van der Waals surface area contributed by atoms with Crippen molar-refractivity contribution in [3.63, 3.8) is 0 Å². The number of hydrogen-bond acceptors (Lipinski definition) is 4. The topological polar surface area (TPSA) is 65.0 Å². The van der Waals surface area contributed by atoms with Crippen LogP contribution in [0.2, 0.25) is 0 Å². The summed E-state index contributed by atoms with van der Waals surface area (Å²) in [5.74, 6) is 1.58. The van der Waals surface area contributed by atoms with E-state index in [1.165, 1.54) is 0 Å². The van der Waals surface area contributed by atoms with Crippen molar-refractivity contribution in [3.8, 4) is 17.2 Å². The van der Waals surface area contributed by atoms with Gasteiger partial charge in [-0.15, -0.1) is 0 Å². The van der Waals surface area contributed by atoms with E-state index in [9.17, 15) is 9.90 Å². The lowest BCUT2D eigenvalue weighted by atomic mass is 9.81. The summed E-state index contributed by atoms with van der Waals surface area (Å²) in [5, 5.41) is 9.51. The summed E-state index contributed by atoms with van der Waals surface area (Å²) in [5.41, 5.74) is 2.22. The first-order valence-electron chi connectivity index (χ1n) is 8.19. The second-order valence-electron chi connectivity index (χ2n) is 6.90. The zero-order chi connectivity index (χ0) is 16.6. The highest BCUT2D eigenvalue weighted by Gasteiger charge is 2.35. The Kier molecular flexibility index (Phi) is 4.13. The average molecular weight is 320 g/mol. The van der Waals surface area contributed by atoms with Crippen molar-refractivity contribution in [1.82, 2.24) is 0 Å². The number of carbonyl (C=O) groups is 1. The van der Waals surface area contributed by atoms with Crippen LogP contribution in [0.15, 0.2) is 0 Å². The van der Waals surface area contributed by atoms with Crippen molar-refractivity contribution in [2.75, 3.05) is 20.3 Å². The predicted octanol–water partition coefficient (Wildman–Crippen LogP) is 3.00. The Balaban J connectivity index is 2.19. The van der Waals surface area contributed by atoms with E-state index in [4.69, 9.17) is 14.2 Å². The van der Waals surface area contributed by atoms with Crippen molar-refractivity contribution in [3.05, 3.63) is 16.7 Å². The van der Waals surface area contributed by atoms with Gasteiger partial charge in [-0.2, -0.15) is 0 Å². The van der Waals surface area contributed by atoms with Crippen molar-refractivity contribution in [2.24, 2.45) is 5.41 Å². The Bertz CT molecular complexity index is 596. The fourth-order valence-electron chi connectivity index (χ4n) is 3.42. The van der Waals surface area contributed by atoms with Crippen molar-refractivity contribution in [1.29, 1.82) is 0 Å². The van der Waals surface area contributed by atoms with E-state index >= 15 is 0 Å². The number of hydrogen-bond donors (Lipinski definition) is 1. The smallest absolute Gasteiger partial charge is 0.309 e. The summed E-state index contributed by atoms with van der Waals surface area (Å²) in [4.78, 5) is 11.6. The zero-order valence-electron chi connectivity index (χ0n) is 14.0. The summed E-state index contributed by atoms with van der Waals surface area (Å²) in [6.45, 7) is 4.84. The third kappa shape index (κ3) is 2.73. The molecule has 0 atom stereocenters. The fraction of sp³-hybridized carbons (Fsp3) is 0.611. The van der Waals surface area contributed by atoms with Crippen molar-refractivity contribution < 1.29 is 24.1 Å². The Morgan fingerprint density at radius 1 is 1.13 bits per heavy atom. The maximum absolute atomic E-state index is 11.6. The van der Waals surface area contributed by atoms with E-state index in [1.807, 2.05) is 0 Å². The number of fused-ring (bicyclic) bond motifs is 2. The van der Waals surface area contributed by atoms with Gasteiger partial charge in [0.15, 0.2) is 11.5 Å². The van der Waals surface area contributed by atoms with E-state index in [0.29, 0.717) is 19.6 Å². The van der Waals surface area contributed by atoms with Gasteiger partial charge in [-0.3, -0.25) is 4.79 Å². The molecule has 5 nitrogen and oxygen atoms in total. The van der Waals surface area contributed by atoms with Crippen LogP contribution >= 0.6 is 0 Å². The molecule has 0 amide bonds. The molecular weight excluding hydrogens is 296 g/mol. The van der Waals surface area contributed by atoms with Gasteiger partial charge in [0, 0.05) is 16.7 Å². The van der Waals surface area contributed by atoms with Crippen LogP contribution in [-0.2, 0) is 24.1 Å². The molecular formula is C18H24O5. The Labute approximate surface area is 136 Å². The third-order valence-electron chi connectivity index (χ3n) is 4.70. The first-order chi connectivity index (χ1) is 11.0. The second-order valence-corrected chi connectivity index (χ2v) is 6.90. The van der Waals surface area contributed by atoms with Gasteiger partial charge in [0.2, 0.25) is 0 Å². The van der Waals surface area contributed by atoms with Crippen molar-refractivity contribution >= 4 is 5.97 Å². The molecule has 0 aliphatic carbocycles. The average Bonchev–Trinajstić information content (AvgIpc) is 2.54. The van der Waals surface area contributed by atoms with Gasteiger partial charge in [-0.05, 0) is 46.0 Å². The molecule has 0 unspecified atom stereocenters. The van der Waals surface area contributed by atoms with Gasteiger partial charge in [0.1, 0.15) is 5.75 Å². The van der Waals surface area contributed by atoms with Gasteiger partial charge in [0.25, 0.3) is 0 Å². The Hall–Kier alpha value is -1.91. The van der Waals surface area contributed by atoms with Crippen LogP contribution in [0.4, 0.5) is 0 Å². The molecule has 126 valence electrons. The molecule has 23 heavy (non-hydrogen) atoms. The van der Waals surface area contributed by atoms with Crippen LogP contribution < -0.4 is 14.2 Å². The molecule has 2 aliphatic rings. The summed E-state index contributed by atoms with van der Waals surface area (Å²) in [6, 6.07) is 0. The number of rotatable bonds is 4. The fourth-order valence-corrected chi connectivity index (χ4v) is 3.42. The standard InChI is InChI=1S/C18H24O5/c1-18(2,17(19)20)10-13-11-6-4-9-23-16(11)15(21-3)12-7-5-8-22-14(12)13/h4-10H2,1-3H3,(H,19,20). The first-order valence-corrected chi connectivity index (χ1v) is 8.19. The molecule has 1 aromatic carbocycles. The van der Waals surface area contributed by atoms with E-state index in [2.05, 4.69) is 0 Å². The maximum Gasteiger partial charge on any atom is 0.309 e.